The van der Waals surface area contributed by atoms with Crippen molar-refractivity contribution in [2.75, 3.05) is 31.6 Å². The summed E-state index contributed by atoms with van der Waals surface area (Å²) >= 11 is 0. The van der Waals surface area contributed by atoms with Crippen LogP contribution in [0.1, 0.15) is 41.5 Å². The Bertz CT molecular complexity index is 881. The van der Waals surface area contributed by atoms with E-state index in [1.165, 1.54) is 6.92 Å². The number of carbonyl (C=O) groups excluding carboxylic acids is 3. The van der Waals surface area contributed by atoms with Crippen molar-refractivity contribution in [3.05, 3.63) is 53.6 Å². The Morgan fingerprint density at radius 2 is 1.30 bits per heavy atom. The first-order valence-corrected chi connectivity index (χ1v) is 9.78. The number of benzene rings is 2. The van der Waals surface area contributed by atoms with Crippen molar-refractivity contribution in [3.8, 4) is 11.5 Å². The van der Waals surface area contributed by atoms with E-state index in [9.17, 15) is 14.4 Å². The van der Waals surface area contributed by atoms with Crippen molar-refractivity contribution in [1.82, 2.24) is 10.6 Å². The number of amides is 3. The molecule has 3 amide bonds. The summed E-state index contributed by atoms with van der Waals surface area (Å²) in [4.78, 5) is 35.5. The topological polar surface area (TPSA) is 106 Å². The van der Waals surface area contributed by atoms with Crippen LogP contribution in [-0.2, 0) is 4.79 Å². The van der Waals surface area contributed by atoms with Crippen LogP contribution in [0, 0.1) is 0 Å². The molecule has 2 aromatic carbocycles. The Balaban J connectivity index is 1.83. The van der Waals surface area contributed by atoms with Crippen molar-refractivity contribution in [1.29, 1.82) is 0 Å². The molecular formula is C22H27N3O5. The third kappa shape index (κ3) is 6.80. The van der Waals surface area contributed by atoms with E-state index in [2.05, 4.69) is 16.0 Å². The Labute approximate surface area is 175 Å². The van der Waals surface area contributed by atoms with E-state index in [0.717, 1.165) is 0 Å². The Kier molecular flexibility index (Phi) is 8.68. The van der Waals surface area contributed by atoms with Crippen molar-refractivity contribution < 1.29 is 23.9 Å². The summed E-state index contributed by atoms with van der Waals surface area (Å²) in [5.74, 6) is 0.394. The molecule has 160 valence electrons. The fourth-order valence-electron chi connectivity index (χ4n) is 2.66. The second kappa shape index (κ2) is 11.5. The lowest BCUT2D eigenvalue weighted by atomic mass is 10.2. The average Bonchev–Trinajstić information content (AvgIpc) is 2.72. The van der Waals surface area contributed by atoms with Gasteiger partial charge >= 0.3 is 0 Å². The molecule has 0 atom stereocenters. The third-order valence-corrected chi connectivity index (χ3v) is 3.97. The van der Waals surface area contributed by atoms with Gasteiger partial charge in [-0.25, -0.2) is 0 Å². The molecule has 0 aromatic heterocycles. The zero-order chi connectivity index (χ0) is 21.9. The quantitative estimate of drug-likeness (QED) is 0.519. The summed E-state index contributed by atoms with van der Waals surface area (Å²) in [6, 6.07) is 11.6. The molecule has 0 radical (unpaired) electrons. The SMILES string of the molecule is CCOc1ccc(C(=O)NCCNC(=O)c2ccc(NC(C)=O)cc2)cc1OCC. The van der Waals surface area contributed by atoms with Crippen molar-refractivity contribution in [2.45, 2.75) is 20.8 Å². The molecule has 8 nitrogen and oxygen atoms in total. The lowest BCUT2D eigenvalue weighted by Crippen LogP contribution is -2.34. The molecule has 0 aliphatic heterocycles. The number of carbonyl (C=O) groups is 3. The van der Waals surface area contributed by atoms with E-state index in [1.54, 1.807) is 42.5 Å². The van der Waals surface area contributed by atoms with Gasteiger partial charge in [0.25, 0.3) is 11.8 Å². The van der Waals surface area contributed by atoms with Crippen LogP contribution in [0.3, 0.4) is 0 Å². The van der Waals surface area contributed by atoms with Crippen LogP contribution < -0.4 is 25.4 Å². The standard InChI is InChI=1S/C22H27N3O5/c1-4-29-19-11-8-17(14-20(19)30-5-2)22(28)24-13-12-23-21(27)16-6-9-18(10-7-16)25-15(3)26/h6-11,14H,4-5,12-13H2,1-3H3,(H,23,27)(H,24,28)(H,25,26). The van der Waals surface area contributed by atoms with Crippen LogP contribution in [0.15, 0.2) is 42.5 Å². The third-order valence-electron chi connectivity index (χ3n) is 3.97. The van der Waals surface area contributed by atoms with Gasteiger partial charge < -0.3 is 25.4 Å². The predicted molar refractivity (Wildman–Crippen MR) is 114 cm³/mol. The number of hydrogen-bond acceptors (Lipinski definition) is 5. The van der Waals surface area contributed by atoms with E-state index in [0.29, 0.717) is 41.5 Å². The smallest absolute Gasteiger partial charge is 0.251 e. The van der Waals surface area contributed by atoms with Gasteiger partial charge in [0, 0.05) is 36.8 Å². The zero-order valence-corrected chi connectivity index (χ0v) is 17.4. The maximum absolute atomic E-state index is 12.4. The van der Waals surface area contributed by atoms with Crippen LogP contribution in [0.2, 0.25) is 0 Å². The van der Waals surface area contributed by atoms with Crippen molar-refractivity contribution in [3.63, 3.8) is 0 Å². The fourth-order valence-corrected chi connectivity index (χ4v) is 2.66. The number of ether oxygens (including phenoxy) is 2. The summed E-state index contributed by atoms with van der Waals surface area (Å²) in [7, 11) is 0. The highest BCUT2D eigenvalue weighted by Gasteiger charge is 2.11. The maximum atomic E-state index is 12.4. The minimum atomic E-state index is -0.270. The molecule has 2 aromatic rings. The van der Waals surface area contributed by atoms with Crippen molar-refractivity contribution in [2.24, 2.45) is 0 Å². The van der Waals surface area contributed by atoms with Gasteiger partial charge in [0.1, 0.15) is 0 Å². The fraction of sp³-hybridized carbons (Fsp3) is 0.318. The maximum Gasteiger partial charge on any atom is 0.251 e. The van der Waals surface area contributed by atoms with E-state index < -0.39 is 0 Å². The second-order valence-electron chi connectivity index (χ2n) is 6.30. The lowest BCUT2D eigenvalue weighted by molar-refractivity contribution is -0.114. The first kappa shape index (κ1) is 22.7. The average molecular weight is 413 g/mol. The van der Waals surface area contributed by atoms with Gasteiger partial charge in [-0.3, -0.25) is 14.4 Å². The molecule has 0 spiro atoms. The largest absolute Gasteiger partial charge is 0.490 e. The number of nitrogens with one attached hydrogen (secondary N) is 3. The summed E-state index contributed by atoms with van der Waals surface area (Å²) in [5, 5.41) is 8.14. The molecule has 0 fully saturated rings. The Hall–Kier alpha value is -3.55. The van der Waals surface area contributed by atoms with Crippen LogP contribution in [0.5, 0.6) is 11.5 Å². The highest BCUT2D eigenvalue weighted by atomic mass is 16.5. The first-order chi connectivity index (χ1) is 14.4. The van der Waals surface area contributed by atoms with Gasteiger partial charge in [0.05, 0.1) is 13.2 Å². The number of hydrogen-bond donors (Lipinski definition) is 3. The van der Waals surface area contributed by atoms with Gasteiger partial charge in [0.2, 0.25) is 5.91 Å². The summed E-state index contributed by atoms with van der Waals surface area (Å²) < 4.78 is 11.0. The monoisotopic (exact) mass is 413 g/mol. The molecule has 8 heteroatoms. The highest BCUT2D eigenvalue weighted by molar-refractivity contribution is 5.96. The molecule has 0 aliphatic carbocycles. The normalized spacial score (nSPS) is 10.1. The lowest BCUT2D eigenvalue weighted by Gasteiger charge is -2.12. The summed E-state index contributed by atoms with van der Waals surface area (Å²) in [6.07, 6.45) is 0. The Morgan fingerprint density at radius 1 is 0.767 bits per heavy atom. The highest BCUT2D eigenvalue weighted by Crippen LogP contribution is 2.28. The van der Waals surface area contributed by atoms with Crippen molar-refractivity contribution >= 4 is 23.4 Å². The molecule has 0 unspecified atom stereocenters. The van der Waals surface area contributed by atoms with Crippen LogP contribution >= 0.6 is 0 Å². The molecular weight excluding hydrogens is 386 g/mol. The van der Waals surface area contributed by atoms with Gasteiger partial charge in [0.15, 0.2) is 11.5 Å². The molecule has 0 aliphatic rings. The minimum absolute atomic E-state index is 0.177. The predicted octanol–water partition coefficient (Wildman–Crippen LogP) is 2.60. The number of anilines is 1. The van der Waals surface area contributed by atoms with Crippen LogP contribution in [-0.4, -0.2) is 44.0 Å². The molecule has 3 N–H and O–H groups in total. The number of rotatable bonds is 10. The summed E-state index contributed by atoms with van der Waals surface area (Å²) in [5.41, 5.74) is 1.53. The Morgan fingerprint density at radius 3 is 1.87 bits per heavy atom. The molecule has 0 saturated carbocycles. The minimum Gasteiger partial charge on any atom is -0.490 e. The van der Waals surface area contributed by atoms with Gasteiger partial charge in [-0.05, 0) is 56.3 Å². The van der Waals surface area contributed by atoms with E-state index in [-0.39, 0.29) is 30.8 Å². The van der Waals surface area contributed by atoms with Crippen LogP contribution in [0.4, 0.5) is 5.69 Å². The van der Waals surface area contributed by atoms with Gasteiger partial charge in [-0.2, -0.15) is 0 Å². The van der Waals surface area contributed by atoms with E-state index in [4.69, 9.17) is 9.47 Å². The molecule has 0 saturated heterocycles. The second-order valence-corrected chi connectivity index (χ2v) is 6.30. The first-order valence-electron chi connectivity index (χ1n) is 9.78. The van der Waals surface area contributed by atoms with E-state index >= 15 is 0 Å². The molecule has 2 rings (SSSR count). The molecule has 0 bridgehead atoms. The summed E-state index contributed by atoms with van der Waals surface area (Å²) in [6.45, 7) is 6.66. The molecule has 0 heterocycles. The van der Waals surface area contributed by atoms with Crippen LogP contribution in [0.25, 0.3) is 0 Å². The zero-order valence-electron chi connectivity index (χ0n) is 17.4. The van der Waals surface area contributed by atoms with E-state index in [1.807, 2.05) is 13.8 Å². The van der Waals surface area contributed by atoms with Gasteiger partial charge in [-0.15, -0.1) is 0 Å². The molecule has 30 heavy (non-hydrogen) atoms. The van der Waals surface area contributed by atoms with Gasteiger partial charge in [-0.1, -0.05) is 0 Å².